The number of rotatable bonds is 3. The van der Waals surface area contributed by atoms with Crippen molar-refractivity contribution in [2.45, 2.75) is 18.4 Å². The van der Waals surface area contributed by atoms with Crippen molar-refractivity contribution in [3.05, 3.63) is 71.5 Å². The van der Waals surface area contributed by atoms with E-state index in [9.17, 15) is 13.6 Å². The minimum atomic E-state index is -0.869. The molecule has 2 N–H and O–H groups in total. The summed E-state index contributed by atoms with van der Waals surface area (Å²) in [4.78, 5) is 12.8. The van der Waals surface area contributed by atoms with Crippen molar-refractivity contribution in [3.63, 3.8) is 0 Å². The van der Waals surface area contributed by atoms with E-state index in [1.54, 1.807) is 12.1 Å². The molecule has 1 fully saturated rings. The molecule has 2 unspecified atom stereocenters. The summed E-state index contributed by atoms with van der Waals surface area (Å²) in [5.41, 5.74) is 1.81. The largest absolute Gasteiger partial charge is 0.463 e. The van der Waals surface area contributed by atoms with Gasteiger partial charge in [0.15, 0.2) is 11.6 Å². The van der Waals surface area contributed by atoms with Crippen LogP contribution in [0.15, 0.2) is 53.1 Å². The fourth-order valence-corrected chi connectivity index (χ4v) is 3.55. The number of carbonyl (C=O) groups excluding carboxylic acids is 1. The fourth-order valence-electron chi connectivity index (χ4n) is 3.55. The van der Waals surface area contributed by atoms with Gasteiger partial charge in [0, 0.05) is 23.9 Å². The Kier molecular flexibility index (Phi) is 4.42. The van der Waals surface area contributed by atoms with E-state index in [1.165, 1.54) is 12.3 Å². The van der Waals surface area contributed by atoms with Crippen molar-refractivity contribution in [1.82, 2.24) is 10.6 Å². The van der Waals surface area contributed by atoms with Crippen LogP contribution in [0.25, 0.3) is 11.0 Å². The van der Waals surface area contributed by atoms with E-state index in [0.29, 0.717) is 23.3 Å². The van der Waals surface area contributed by atoms with Crippen LogP contribution in [-0.2, 0) is 0 Å². The molecule has 2 aromatic carbocycles. The summed E-state index contributed by atoms with van der Waals surface area (Å²) in [5.74, 6) is -2.07. The number of piperidine rings is 1. The summed E-state index contributed by atoms with van der Waals surface area (Å²) in [6.07, 6.45) is 2.17. The number of furan rings is 1. The Morgan fingerprint density at radius 3 is 2.85 bits per heavy atom. The average molecular weight is 356 g/mol. The van der Waals surface area contributed by atoms with Gasteiger partial charge in [0.2, 0.25) is 0 Å². The SMILES string of the molecule is O=C(NC1CNCCC1c1ccc(F)c(F)c1)c1coc2ccccc12. The minimum absolute atomic E-state index is 0.0894. The lowest BCUT2D eigenvalue weighted by molar-refractivity contribution is 0.0925. The molecule has 0 radical (unpaired) electrons. The predicted molar refractivity (Wildman–Crippen MR) is 94.1 cm³/mol. The van der Waals surface area contributed by atoms with Gasteiger partial charge in [-0.15, -0.1) is 0 Å². The fraction of sp³-hybridized carbons (Fsp3) is 0.250. The monoisotopic (exact) mass is 356 g/mol. The molecule has 4 nitrogen and oxygen atoms in total. The second-order valence-corrected chi connectivity index (χ2v) is 6.50. The summed E-state index contributed by atoms with van der Waals surface area (Å²) in [5, 5.41) is 7.01. The second-order valence-electron chi connectivity index (χ2n) is 6.50. The first-order chi connectivity index (χ1) is 12.6. The van der Waals surface area contributed by atoms with E-state index < -0.39 is 11.6 Å². The molecule has 134 valence electrons. The molecule has 4 rings (SSSR count). The van der Waals surface area contributed by atoms with Gasteiger partial charge in [-0.25, -0.2) is 8.78 Å². The number of benzene rings is 2. The molecule has 1 amide bonds. The van der Waals surface area contributed by atoms with E-state index >= 15 is 0 Å². The lowest BCUT2D eigenvalue weighted by Crippen LogP contribution is -2.50. The van der Waals surface area contributed by atoms with Gasteiger partial charge in [-0.2, -0.15) is 0 Å². The Balaban J connectivity index is 1.58. The van der Waals surface area contributed by atoms with Crippen molar-refractivity contribution >= 4 is 16.9 Å². The van der Waals surface area contributed by atoms with Gasteiger partial charge in [-0.3, -0.25) is 4.79 Å². The molecule has 2 atom stereocenters. The third kappa shape index (κ3) is 3.08. The first-order valence-corrected chi connectivity index (χ1v) is 8.56. The summed E-state index contributed by atoms with van der Waals surface area (Å²) in [6, 6.07) is 11.0. The molecular formula is C20H18F2N2O2. The molecular weight excluding hydrogens is 338 g/mol. The highest BCUT2D eigenvalue weighted by atomic mass is 19.2. The first-order valence-electron chi connectivity index (χ1n) is 8.56. The Bertz CT molecular complexity index is 954. The molecule has 1 saturated heterocycles. The van der Waals surface area contributed by atoms with Crippen LogP contribution in [0.4, 0.5) is 8.78 Å². The molecule has 0 saturated carbocycles. The average Bonchev–Trinajstić information content (AvgIpc) is 3.09. The van der Waals surface area contributed by atoms with Crippen molar-refractivity contribution < 1.29 is 18.0 Å². The first kappa shape index (κ1) is 16.7. The maximum absolute atomic E-state index is 13.6. The van der Waals surface area contributed by atoms with Crippen LogP contribution in [0.3, 0.4) is 0 Å². The van der Waals surface area contributed by atoms with Gasteiger partial charge in [0.25, 0.3) is 5.91 Å². The molecule has 1 aliphatic heterocycles. The lowest BCUT2D eigenvalue weighted by atomic mass is 9.85. The maximum atomic E-state index is 13.6. The number of fused-ring (bicyclic) bond motifs is 1. The normalized spacial score (nSPS) is 20.2. The van der Waals surface area contributed by atoms with Gasteiger partial charge < -0.3 is 15.1 Å². The van der Waals surface area contributed by atoms with Gasteiger partial charge in [0.05, 0.1) is 5.56 Å². The molecule has 2 heterocycles. The van der Waals surface area contributed by atoms with Gasteiger partial charge in [0.1, 0.15) is 11.8 Å². The van der Waals surface area contributed by atoms with Crippen LogP contribution in [0.1, 0.15) is 28.3 Å². The molecule has 0 aliphatic carbocycles. The zero-order valence-electron chi connectivity index (χ0n) is 14.0. The summed E-state index contributed by atoms with van der Waals surface area (Å²) in [6.45, 7) is 1.32. The number of hydrogen-bond acceptors (Lipinski definition) is 3. The van der Waals surface area contributed by atoms with Crippen LogP contribution in [0.5, 0.6) is 0 Å². The molecule has 0 bridgehead atoms. The molecule has 3 aromatic rings. The van der Waals surface area contributed by atoms with E-state index in [0.717, 1.165) is 24.4 Å². The summed E-state index contributed by atoms with van der Waals surface area (Å²) >= 11 is 0. The second kappa shape index (κ2) is 6.88. The third-order valence-corrected chi connectivity index (χ3v) is 4.90. The van der Waals surface area contributed by atoms with E-state index in [1.807, 2.05) is 18.2 Å². The molecule has 6 heteroatoms. The smallest absolute Gasteiger partial charge is 0.255 e. The topological polar surface area (TPSA) is 54.3 Å². The van der Waals surface area contributed by atoms with Crippen LogP contribution in [0.2, 0.25) is 0 Å². The van der Waals surface area contributed by atoms with E-state index in [2.05, 4.69) is 10.6 Å². The standard InChI is InChI=1S/C20H18F2N2O2/c21-16-6-5-12(9-17(16)22)13-7-8-23-10-18(13)24-20(25)15-11-26-19-4-2-1-3-14(15)19/h1-6,9,11,13,18,23H,7-8,10H2,(H,24,25). The molecule has 0 spiro atoms. The quantitative estimate of drug-likeness (QED) is 0.754. The van der Waals surface area contributed by atoms with Crippen molar-refractivity contribution in [2.24, 2.45) is 0 Å². The highest BCUT2D eigenvalue weighted by Gasteiger charge is 2.29. The van der Waals surface area contributed by atoms with Gasteiger partial charge >= 0.3 is 0 Å². The predicted octanol–water partition coefficient (Wildman–Crippen LogP) is 3.59. The van der Waals surface area contributed by atoms with Crippen LogP contribution in [-0.4, -0.2) is 25.0 Å². The highest BCUT2D eigenvalue weighted by molar-refractivity contribution is 6.06. The number of halogens is 2. The number of carbonyl (C=O) groups is 1. The van der Waals surface area contributed by atoms with Crippen molar-refractivity contribution in [3.8, 4) is 0 Å². The lowest BCUT2D eigenvalue weighted by Gasteiger charge is -2.33. The van der Waals surface area contributed by atoms with Crippen molar-refractivity contribution in [1.29, 1.82) is 0 Å². The molecule has 1 aliphatic rings. The summed E-state index contributed by atoms with van der Waals surface area (Å²) < 4.78 is 32.3. The minimum Gasteiger partial charge on any atom is -0.463 e. The number of hydrogen-bond donors (Lipinski definition) is 2. The van der Waals surface area contributed by atoms with E-state index in [-0.39, 0.29) is 17.9 Å². The van der Waals surface area contributed by atoms with E-state index in [4.69, 9.17) is 4.42 Å². The maximum Gasteiger partial charge on any atom is 0.255 e. The Morgan fingerprint density at radius 2 is 2.00 bits per heavy atom. The number of nitrogens with one attached hydrogen (secondary N) is 2. The number of amides is 1. The third-order valence-electron chi connectivity index (χ3n) is 4.90. The van der Waals surface area contributed by atoms with Gasteiger partial charge in [-0.1, -0.05) is 24.3 Å². The Morgan fingerprint density at radius 1 is 1.15 bits per heavy atom. The summed E-state index contributed by atoms with van der Waals surface area (Å²) in [7, 11) is 0. The Labute approximate surface area is 149 Å². The Hall–Kier alpha value is -2.73. The highest BCUT2D eigenvalue weighted by Crippen LogP contribution is 2.28. The van der Waals surface area contributed by atoms with Gasteiger partial charge in [-0.05, 0) is 36.7 Å². The van der Waals surface area contributed by atoms with Crippen LogP contribution < -0.4 is 10.6 Å². The van der Waals surface area contributed by atoms with Crippen LogP contribution in [0, 0.1) is 11.6 Å². The molecule has 26 heavy (non-hydrogen) atoms. The zero-order valence-corrected chi connectivity index (χ0v) is 14.0. The van der Waals surface area contributed by atoms with Crippen LogP contribution >= 0.6 is 0 Å². The number of para-hydroxylation sites is 1. The van der Waals surface area contributed by atoms with Crippen molar-refractivity contribution in [2.75, 3.05) is 13.1 Å². The zero-order chi connectivity index (χ0) is 18.1. The molecule has 1 aromatic heterocycles.